The SMILES string of the molecule is COc1ccc(NC(=O)c2cc(C(C)C)n(-c3nc4ccccc4s3)n2)cc1OC. The zero-order valence-corrected chi connectivity index (χ0v) is 18.0. The zero-order valence-electron chi connectivity index (χ0n) is 17.2. The van der Waals surface area contributed by atoms with E-state index in [9.17, 15) is 4.79 Å². The highest BCUT2D eigenvalue weighted by Crippen LogP contribution is 2.31. The third kappa shape index (κ3) is 3.73. The number of rotatable bonds is 6. The average Bonchev–Trinajstić information content (AvgIpc) is 3.38. The average molecular weight is 423 g/mol. The van der Waals surface area contributed by atoms with Crippen LogP contribution in [0.15, 0.2) is 48.5 Å². The molecule has 7 nitrogen and oxygen atoms in total. The van der Waals surface area contributed by atoms with E-state index in [1.807, 2.05) is 30.3 Å². The Morgan fingerprint density at radius 2 is 1.83 bits per heavy atom. The minimum absolute atomic E-state index is 0.173. The topological polar surface area (TPSA) is 78.3 Å². The van der Waals surface area contributed by atoms with Crippen molar-refractivity contribution in [2.75, 3.05) is 19.5 Å². The van der Waals surface area contributed by atoms with Gasteiger partial charge in [-0.05, 0) is 36.2 Å². The number of hydrogen-bond donors (Lipinski definition) is 1. The van der Waals surface area contributed by atoms with Gasteiger partial charge in [-0.2, -0.15) is 5.10 Å². The highest BCUT2D eigenvalue weighted by atomic mass is 32.1. The molecule has 4 aromatic rings. The van der Waals surface area contributed by atoms with Crippen LogP contribution < -0.4 is 14.8 Å². The zero-order chi connectivity index (χ0) is 21.3. The molecule has 4 rings (SSSR count). The number of hydrogen-bond acceptors (Lipinski definition) is 6. The summed E-state index contributed by atoms with van der Waals surface area (Å²) in [5.41, 5.74) is 2.76. The Labute approximate surface area is 178 Å². The summed E-state index contributed by atoms with van der Waals surface area (Å²) in [6, 6.07) is 15.0. The van der Waals surface area contributed by atoms with Gasteiger partial charge in [-0.3, -0.25) is 4.79 Å². The monoisotopic (exact) mass is 422 g/mol. The molecule has 8 heteroatoms. The van der Waals surface area contributed by atoms with Gasteiger partial charge in [0.25, 0.3) is 5.91 Å². The summed E-state index contributed by atoms with van der Waals surface area (Å²) in [7, 11) is 3.12. The van der Waals surface area contributed by atoms with Crippen LogP contribution in [0.2, 0.25) is 0 Å². The van der Waals surface area contributed by atoms with Crippen molar-refractivity contribution in [2.24, 2.45) is 0 Å². The van der Waals surface area contributed by atoms with Crippen molar-refractivity contribution in [3.8, 4) is 16.6 Å². The molecule has 0 aliphatic rings. The van der Waals surface area contributed by atoms with Crippen LogP contribution in [0.3, 0.4) is 0 Å². The molecule has 0 spiro atoms. The van der Waals surface area contributed by atoms with Crippen molar-refractivity contribution in [3.63, 3.8) is 0 Å². The summed E-state index contributed by atoms with van der Waals surface area (Å²) in [6.45, 7) is 4.13. The first-order valence-corrected chi connectivity index (χ1v) is 10.3. The van der Waals surface area contributed by atoms with E-state index in [-0.39, 0.29) is 11.8 Å². The fourth-order valence-electron chi connectivity index (χ4n) is 3.13. The van der Waals surface area contributed by atoms with Gasteiger partial charge in [0.05, 0.1) is 30.1 Å². The molecule has 0 radical (unpaired) electrons. The molecule has 30 heavy (non-hydrogen) atoms. The number of thiazole rings is 1. The maximum absolute atomic E-state index is 12.9. The second-order valence-electron chi connectivity index (χ2n) is 7.01. The molecule has 2 aromatic heterocycles. The normalized spacial score (nSPS) is 11.1. The number of benzene rings is 2. The van der Waals surface area contributed by atoms with Crippen LogP contribution in [-0.2, 0) is 0 Å². The van der Waals surface area contributed by atoms with Crippen LogP contribution in [0.4, 0.5) is 5.69 Å². The molecule has 0 atom stereocenters. The molecular weight excluding hydrogens is 400 g/mol. The number of carbonyl (C=O) groups is 1. The molecule has 1 amide bonds. The van der Waals surface area contributed by atoms with Crippen LogP contribution >= 0.6 is 11.3 Å². The molecule has 0 aliphatic carbocycles. The highest BCUT2D eigenvalue weighted by molar-refractivity contribution is 7.20. The Morgan fingerprint density at radius 3 is 2.53 bits per heavy atom. The van der Waals surface area contributed by atoms with Gasteiger partial charge >= 0.3 is 0 Å². The van der Waals surface area contributed by atoms with Gasteiger partial charge in [-0.15, -0.1) is 0 Å². The Bertz CT molecular complexity index is 1180. The molecule has 0 aliphatic heterocycles. The number of para-hydroxylation sites is 1. The van der Waals surface area contributed by atoms with E-state index in [0.717, 1.165) is 21.0 Å². The van der Waals surface area contributed by atoms with Crippen LogP contribution in [0.5, 0.6) is 11.5 Å². The predicted octanol–water partition coefficient (Wildman–Crippen LogP) is 4.87. The number of nitrogens with one attached hydrogen (secondary N) is 1. The number of amides is 1. The van der Waals surface area contributed by atoms with E-state index in [1.54, 1.807) is 48.4 Å². The van der Waals surface area contributed by atoms with Gasteiger partial charge in [-0.1, -0.05) is 37.3 Å². The van der Waals surface area contributed by atoms with Gasteiger partial charge in [-0.25, -0.2) is 9.67 Å². The lowest BCUT2D eigenvalue weighted by atomic mass is 10.1. The van der Waals surface area contributed by atoms with Crippen molar-refractivity contribution in [1.29, 1.82) is 0 Å². The van der Waals surface area contributed by atoms with E-state index in [2.05, 4.69) is 29.2 Å². The molecule has 0 unspecified atom stereocenters. The number of anilines is 1. The number of fused-ring (bicyclic) bond motifs is 1. The van der Waals surface area contributed by atoms with E-state index in [1.165, 1.54) is 0 Å². The third-order valence-corrected chi connectivity index (χ3v) is 5.68. The minimum atomic E-state index is -0.302. The standard InChI is InChI=1S/C22H22N4O3S/c1-13(2)17-12-16(21(27)23-14-9-10-18(28-3)19(11-14)29-4)25-26(17)22-24-15-7-5-6-8-20(15)30-22/h5-13H,1-4H3,(H,23,27). The first-order valence-electron chi connectivity index (χ1n) is 9.49. The number of ether oxygens (including phenoxy) is 2. The summed E-state index contributed by atoms with van der Waals surface area (Å²) >= 11 is 1.55. The van der Waals surface area contributed by atoms with Crippen molar-refractivity contribution in [2.45, 2.75) is 19.8 Å². The molecule has 154 valence electrons. The molecule has 2 heterocycles. The summed E-state index contributed by atoms with van der Waals surface area (Å²) in [4.78, 5) is 17.6. The molecule has 0 fully saturated rings. The molecular formula is C22H22N4O3S. The second-order valence-corrected chi connectivity index (χ2v) is 8.02. The number of nitrogens with zero attached hydrogens (tertiary/aromatic N) is 3. The van der Waals surface area contributed by atoms with Crippen molar-refractivity contribution in [1.82, 2.24) is 14.8 Å². The summed E-state index contributed by atoms with van der Waals surface area (Å²) in [5, 5.41) is 8.18. The fourth-order valence-corrected chi connectivity index (χ4v) is 4.07. The first-order chi connectivity index (χ1) is 14.5. The van der Waals surface area contributed by atoms with Crippen LogP contribution in [-0.4, -0.2) is 34.9 Å². The van der Waals surface area contributed by atoms with Gasteiger partial charge in [0, 0.05) is 11.8 Å². The van der Waals surface area contributed by atoms with Gasteiger partial charge in [0.1, 0.15) is 0 Å². The quantitative estimate of drug-likeness (QED) is 0.479. The maximum Gasteiger partial charge on any atom is 0.276 e. The largest absolute Gasteiger partial charge is 0.493 e. The predicted molar refractivity (Wildman–Crippen MR) is 118 cm³/mol. The lowest BCUT2D eigenvalue weighted by Crippen LogP contribution is -2.13. The van der Waals surface area contributed by atoms with Crippen molar-refractivity contribution >= 4 is 33.1 Å². The van der Waals surface area contributed by atoms with Gasteiger partial charge < -0.3 is 14.8 Å². The van der Waals surface area contributed by atoms with Crippen molar-refractivity contribution < 1.29 is 14.3 Å². The molecule has 0 bridgehead atoms. The Kier molecular flexibility index (Phi) is 5.41. The Hall–Kier alpha value is -3.39. The molecule has 0 saturated heterocycles. The van der Waals surface area contributed by atoms with Crippen LogP contribution in [0, 0.1) is 0 Å². The molecule has 2 aromatic carbocycles. The smallest absolute Gasteiger partial charge is 0.276 e. The number of aromatic nitrogens is 3. The Balaban J connectivity index is 1.66. The van der Waals surface area contributed by atoms with Crippen LogP contribution in [0.1, 0.15) is 35.9 Å². The second kappa shape index (κ2) is 8.16. The van der Waals surface area contributed by atoms with Crippen LogP contribution in [0.25, 0.3) is 15.3 Å². The minimum Gasteiger partial charge on any atom is -0.493 e. The highest BCUT2D eigenvalue weighted by Gasteiger charge is 2.20. The van der Waals surface area contributed by atoms with E-state index in [0.29, 0.717) is 22.9 Å². The van der Waals surface area contributed by atoms with Crippen molar-refractivity contribution in [3.05, 3.63) is 59.9 Å². The Morgan fingerprint density at radius 1 is 1.07 bits per heavy atom. The van der Waals surface area contributed by atoms with Gasteiger partial charge in [0.2, 0.25) is 5.13 Å². The fraction of sp³-hybridized carbons (Fsp3) is 0.227. The first kappa shape index (κ1) is 19.9. The summed E-state index contributed by atoms with van der Waals surface area (Å²) in [6.07, 6.45) is 0. The number of carbonyl (C=O) groups excluding carboxylic acids is 1. The van der Waals surface area contributed by atoms with E-state index < -0.39 is 0 Å². The number of methoxy groups -OCH3 is 2. The van der Waals surface area contributed by atoms with E-state index >= 15 is 0 Å². The summed E-state index contributed by atoms with van der Waals surface area (Å²) < 4.78 is 13.4. The third-order valence-electron chi connectivity index (χ3n) is 4.67. The lowest BCUT2D eigenvalue weighted by Gasteiger charge is -2.09. The van der Waals surface area contributed by atoms with Gasteiger partial charge in [0.15, 0.2) is 17.2 Å². The summed E-state index contributed by atoms with van der Waals surface area (Å²) in [5.74, 6) is 1.01. The lowest BCUT2D eigenvalue weighted by molar-refractivity contribution is 0.102. The molecule has 1 N–H and O–H groups in total. The maximum atomic E-state index is 12.9. The molecule has 0 saturated carbocycles. The van der Waals surface area contributed by atoms with E-state index in [4.69, 9.17) is 9.47 Å².